The average Bonchev–Trinajstić information content (AvgIpc) is 2.45. The molecule has 0 radical (unpaired) electrons. The summed E-state index contributed by atoms with van der Waals surface area (Å²) < 4.78 is 11.5. The molecule has 24 heavy (non-hydrogen) atoms. The van der Waals surface area contributed by atoms with Crippen molar-refractivity contribution in [2.75, 3.05) is 45.9 Å². The summed E-state index contributed by atoms with van der Waals surface area (Å²) >= 11 is 0. The van der Waals surface area contributed by atoms with Gasteiger partial charge < -0.3 is 19.5 Å². The van der Waals surface area contributed by atoms with E-state index in [4.69, 9.17) is 9.47 Å². The van der Waals surface area contributed by atoms with E-state index in [0.29, 0.717) is 18.8 Å². The van der Waals surface area contributed by atoms with Crippen molar-refractivity contribution in [2.24, 2.45) is 5.92 Å². The molecule has 0 spiro atoms. The summed E-state index contributed by atoms with van der Waals surface area (Å²) in [4.78, 5) is 4.96. The molecule has 0 aromatic rings. The zero-order chi connectivity index (χ0) is 17.7. The Labute approximate surface area is 148 Å². The maximum Gasteiger partial charge on any atom is 0.0900 e. The van der Waals surface area contributed by atoms with Gasteiger partial charge in [-0.15, -0.1) is 0 Å². The van der Waals surface area contributed by atoms with Gasteiger partial charge in [0.25, 0.3) is 0 Å². The second-order valence-electron chi connectivity index (χ2n) is 8.80. The largest absolute Gasteiger partial charge is 0.389 e. The third-order valence-corrected chi connectivity index (χ3v) is 4.90. The van der Waals surface area contributed by atoms with Gasteiger partial charge in [-0.1, -0.05) is 0 Å². The van der Waals surface area contributed by atoms with Crippen LogP contribution in [0.25, 0.3) is 0 Å². The Balaban J connectivity index is 1.64. The molecule has 0 bridgehead atoms. The summed E-state index contributed by atoms with van der Waals surface area (Å²) in [6.07, 6.45) is 2.78. The molecule has 2 fully saturated rings. The lowest BCUT2D eigenvalue weighted by Gasteiger charge is -2.39. The molecule has 5 heteroatoms. The van der Waals surface area contributed by atoms with Crippen molar-refractivity contribution in [3.63, 3.8) is 0 Å². The van der Waals surface area contributed by atoms with E-state index in [2.05, 4.69) is 23.6 Å². The highest BCUT2D eigenvalue weighted by Gasteiger charge is 2.27. The lowest BCUT2D eigenvalue weighted by molar-refractivity contribution is -0.0745. The number of likely N-dealkylation sites (tertiary alicyclic amines) is 1. The third-order valence-electron chi connectivity index (χ3n) is 4.90. The van der Waals surface area contributed by atoms with Crippen molar-refractivity contribution in [2.45, 2.75) is 71.4 Å². The topological polar surface area (TPSA) is 45.2 Å². The minimum atomic E-state index is -0.387. The fourth-order valence-corrected chi connectivity index (χ4v) is 3.85. The normalized spacial score (nSPS) is 29.8. The van der Waals surface area contributed by atoms with Crippen molar-refractivity contribution < 1.29 is 14.6 Å². The zero-order valence-electron chi connectivity index (χ0n) is 16.3. The van der Waals surface area contributed by atoms with Crippen LogP contribution in [-0.4, -0.2) is 84.7 Å². The molecule has 0 aromatic heterocycles. The molecule has 2 rings (SSSR count). The number of β-amino-alcohol motifs (C(OH)–C–C–N with tert-alkyl or cyclic N) is 1. The molecule has 0 saturated carbocycles. The van der Waals surface area contributed by atoms with Crippen LogP contribution in [0.15, 0.2) is 0 Å². The molecule has 2 aliphatic rings. The van der Waals surface area contributed by atoms with E-state index in [1.165, 1.54) is 19.4 Å². The highest BCUT2D eigenvalue weighted by molar-refractivity contribution is 4.80. The van der Waals surface area contributed by atoms with Crippen LogP contribution in [0.5, 0.6) is 0 Å². The van der Waals surface area contributed by atoms with Gasteiger partial charge in [-0.3, -0.25) is 4.90 Å². The van der Waals surface area contributed by atoms with Gasteiger partial charge in [-0.05, 0) is 66.5 Å². The quantitative estimate of drug-likeness (QED) is 0.800. The van der Waals surface area contributed by atoms with Gasteiger partial charge in [0.1, 0.15) is 0 Å². The van der Waals surface area contributed by atoms with Gasteiger partial charge in [-0.25, -0.2) is 0 Å². The Hall–Kier alpha value is -0.200. The fraction of sp³-hybridized carbons (Fsp3) is 1.00. The lowest BCUT2D eigenvalue weighted by Crippen LogP contribution is -2.49. The van der Waals surface area contributed by atoms with Crippen molar-refractivity contribution in [1.82, 2.24) is 9.80 Å². The summed E-state index contributed by atoms with van der Waals surface area (Å²) in [6.45, 7) is 17.1. The highest BCUT2D eigenvalue weighted by atomic mass is 16.5. The van der Waals surface area contributed by atoms with E-state index in [0.717, 1.165) is 38.6 Å². The number of hydrogen-bond donors (Lipinski definition) is 1. The molecule has 0 aliphatic carbocycles. The van der Waals surface area contributed by atoms with Gasteiger partial charge in [0, 0.05) is 26.2 Å². The molecular weight excluding hydrogens is 304 g/mol. The molecule has 2 saturated heterocycles. The number of piperidine rings is 1. The first-order chi connectivity index (χ1) is 11.2. The molecule has 2 heterocycles. The first-order valence-corrected chi connectivity index (χ1v) is 9.63. The molecular formula is C19H38N2O3. The minimum Gasteiger partial charge on any atom is -0.389 e. The second kappa shape index (κ2) is 8.95. The van der Waals surface area contributed by atoms with E-state index in [9.17, 15) is 5.11 Å². The van der Waals surface area contributed by atoms with Gasteiger partial charge in [0.05, 0.1) is 30.5 Å². The van der Waals surface area contributed by atoms with Crippen LogP contribution >= 0.6 is 0 Å². The number of morpholine rings is 1. The predicted molar refractivity (Wildman–Crippen MR) is 97.3 cm³/mol. The van der Waals surface area contributed by atoms with Crippen LogP contribution in [-0.2, 0) is 9.47 Å². The van der Waals surface area contributed by atoms with Gasteiger partial charge in [0.15, 0.2) is 0 Å². The van der Waals surface area contributed by atoms with E-state index in [-0.39, 0.29) is 11.7 Å². The first-order valence-electron chi connectivity index (χ1n) is 9.63. The Morgan fingerprint density at radius 2 is 1.67 bits per heavy atom. The molecule has 3 atom stereocenters. The molecule has 2 aliphatic heterocycles. The van der Waals surface area contributed by atoms with E-state index >= 15 is 0 Å². The summed E-state index contributed by atoms with van der Waals surface area (Å²) in [6, 6.07) is 0. The summed E-state index contributed by atoms with van der Waals surface area (Å²) in [5, 5.41) is 10.2. The molecule has 0 aromatic carbocycles. The zero-order valence-corrected chi connectivity index (χ0v) is 16.3. The summed E-state index contributed by atoms with van der Waals surface area (Å²) in [5.41, 5.74) is -0.180. The van der Waals surface area contributed by atoms with Crippen LogP contribution in [0, 0.1) is 5.92 Å². The van der Waals surface area contributed by atoms with Crippen LogP contribution in [0.1, 0.15) is 47.5 Å². The van der Waals surface area contributed by atoms with Crippen LogP contribution in [0.4, 0.5) is 0 Å². The van der Waals surface area contributed by atoms with Gasteiger partial charge in [0.2, 0.25) is 0 Å². The number of ether oxygens (including phenoxy) is 2. The lowest BCUT2D eigenvalue weighted by atomic mass is 9.95. The maximum atomic E-state index is 10.2. The molecule has 5 nitrogen and oxygen atoms in total. The standard InChI is InChI=1S/C19H38N2O3/c1-15-10-21(11-16(2)24-15)12-17-6-8-20(9-7-17)13-18(22)14-23-19(3,4)5/h15-18,22H,6-14H2,1-5H3. The second-order valence-corrected chi connectivity index (χ2v) is 8.80. The Morgan fingerprint density at radius 3 is 2.21 bits per heavy atom. The van der Waals surface area contributed by atoms with Crippen LogP contribution < -0.4 is 0 Å². The van der Waals surface area contributed by atoms with E-state index < -0.39 is 0 Å². The average molecular weight is 343 g/mol. The molecule has 1 N–H and O–H groups in total. The van der Waals surface area contributed by atoms with E-state index in [1.807, 2.05) is 20.8 Å². The smallest absolute Gasteiger partial charge is 0.0900 e. The van der Waals surface area contributed by atoms with Gasteiger partial charge in [-0.2, -0.15) is 0 Å². The maximum absolute atomic E-state index is 10.2. The molecule has 3 unspecified atom stereocenters. The third kappa shape index (κ3) is 7.36. The fourth-order valence-electron chi connectivity index (χ4n) is 3.85. The number of rotatable bonds is 6. The van der Waals surface area contributed by atoms with Crippen molar-refractivity contribution >= 4 is 0 Å². The predicted octanol–water partition coefficient (Wildman–Crippen LogP) is 1.98. The molecule has 0 amide bonds. The monoisotopic (exact) mass is 342 g/mol. The van der Waals surface area contributed by atoms with Crippen LogP contribution in [0.3, 0.4) is 0 Å². The molecule has 142 valence electrons. The number of nitrogens with zero attached hydrogens (tertiary/aromatic N) is 2. The first kappa shape index (κ1) is 20.1. The Kier molecular flexibility index (Phi) is 7.50. The Bertz CT molecular complexity index is 354. The number of aliphatic hydroxyl groups excluding tert-OH is 1. The highest BCUT2D eigenvalue weighted by Crippen LogP contribution is 2.21. The van der Waals surface area contributed by atoms with Crippen molar-refractivity contribution in [1.29, 1.82) is 0 Å². The van der Waals surface area contributed by atoms with E-state index in [1.54, 1.807) is 0 Å². The SMILES string of the molecule is CC1CN(CC2CCN(CC(O)COC(C)(C)C)CC2)CC(C)O1. The Morgan fingerprint density at radius 1 is 1.08 bits per heavy atom. The summed E-state index contributed by atoms with van der Waals surface area (Å²) in [7, 11) is 0. The van der Waals surface area contributed by atoms with Crippen molar-refractivity contribution in [3.8, 4) is 0 Å². The minimum absolute atomic E-state index is 0.180. The van der Waals surface area contributed by atoms with Gasteiger partial charge >= 0.3 is 0 Å². The summed E-state index contributed by atoms with van der Waals surface area (Å²) in [5.74, 6) is 0.779. The number of hydrogen-bond acceptors (Lipinski definition) is 5. The number of aliphatic hydroxyl groups is 1. The van der Waals surface area contributed by atoms with Crippen LogP contribution in [0.2, 0.25) is 0 Å². The van der Waals surface area contributed by atoms with Crippen molar-refractivity contribution in [3.05, 3.63) is 0 Å².